The van der Waals surface area contributed by atoms with E-state index in [1.54, 1.807) is 35.9 Å². The molecule has 2 aromatic heterocycles. The first kappa shape index (κ1) is 16.9. The molecule has 0 radical (unpaired) electrons. The van der Waals surface area contributed by atoms with Gasteiger partial charge in [0.25, 0.3) is 0 Å². The van der Waals surface area contributed by atoms with Crippen LogP contribution in [0.4, 0.5) is 10.2 Å². The fourth-order valence-electron chi connectivity index (χ4n) is 3.40. The first-order chi connectivity index (χ1) is 12.6. The molecule has 0 aliphatic carbocycles. The maximum absolute atomic E-state index is 14.1. The second-order valence-corrected chi connectivity index (χ2v) is 7.02. The topological polar surface area (TPSA) is 69.6 Å². The summed E-state index contributed by atoms with van der Waals surface area (Å²) >= 11 is 1.57. The Morgan fingerprint density at radius 1 is 1.15 bits per heavy atom. The highest BCUT2D eigenvalue weighted by molar-refractivity contribution is 7.16. The summed E-state index contributed by atoms with van der Waals surface area (Å²) in [5.74, 6) is -0.655. The number of carboxylic acid groups (broad SMARTS) is 1. The molecule has 134 valence electrons. The number of rotatable bonds is 4. The highest BCUT2D eigenvalue weighted by atomic mass is 32.1. The Hall–Kier alpha value is -2.58. The summed E-state index contributed by atoms with van der Waals surface area (Å²) in [4.78, 5) is 25.4. The van der Waals surface area contributed by atoms with Crippen molar-refractivity contribution in [3.8, 4) is 0 Å². The van der Waals surface area contributed by atoms with Gasteiger partial charge in [0.05, 0.1) is 5.39 Å². The zero-order chi connectivity index (χ0) is 18.1. The van der Waals surface area contributed by atoms with E-state index < -0.39 is 17.8 Å². The molecular weight excluding hydrogens is 355 g/mol. The third-order valence-electron chi connectivity index (χ3n) is 4.65. The van der Waals surface area contributed by atoms with Crippen LogP contribution in [-0.4, -0.2) is 52.1 Å². The molecular formula is C18H17FN4O2S. The lowest BCUT2D eigenvalue weighted by Crippen LogP contribution is -2.49. The molecule has 3 heterocycles. The molecule has 1 N–H and O–H groups in total. The first-order valence-corrected chi connectivity index (χ1v) is 9.17. The number of hydrogen-bond acceptors (Lipinski definition) is 6. The molecule has 0 spiro atoms. The Labute approximate surface area is 153 Å². The molecule has 0 saturated carbocycles. The lowest BCUT2D eigenvalue weighted by molar-refractivity contribution is -0.143. The normalized spacial score (nSPS) is 16.7. The summed E-state index contributed by atoms with van der Waals surface area (Å²) in [6.07, 6.45) is 1.56. The summed E-state index contributed by atoms with van der Waals surface area (Å²) in [6.45, 7) is 2.28. The second kappa shape index (κ2) is 6.97. The second-order valence-electron chi connectivity index (χ2n) is 6.12. The highest BCUT2D eigenvalue weighted by Crippen LogP contribution is 2.29. The number of piperazine rings is 1. The van der Waals surface area contributed by atoms with E-state index in [0.717, 1.165) is 16.0 Å². The van der Waals surface area contributed by atoms with Crippen molar-refractivity contribution in [2.24, 2.45) is 0 Å². The van der Waals surface area contributed by atoms with E-state index in [-0.39, 0.29) is 5.56 Å². The number of carboxylic acids is 1. The molecule has 8 heteroatoms. The summed E-state index contributed by atoms with van der Waals surface area (Å²) in [5.41, 5.74) is 0.204. The largest absolute Gasteiger partial charge is 0.480 e. The molecule has 26 heavy (non-hydrogen) atoms. The number of hydrogen-bond donors (Lipinski definition) is 1. The van der Waals surface area contributed by atoms with Crippen LogP contribution in [0.5, 0.6) is 0 Å². The number of fused-ring (bicyclic) bond motifs is 1. The molecule has 1 atom stereocenters. The summed E-state index contributed by atoms with van der Waals surface area (Å²) in [6, 6.07) is 7.09. The van der Waals surface area contributed by atoms with E-state index in [2.05, 4.69) is 14.9 Å². The molecule has 1 unspecified atom stereocenters. The molecule has 1 fully saturated rings. The average Bonchev–Trinajstić information content (AvgIpc) is 3.13. The van der Waals surface area contributed by atoms with Crippen LogP contribution in [0.3, 0.4) is 0 Å². The van der Waals surface area contributed by atoms with Crippen molar-refractivity contribution in [2.45, 2.75) is 6.04 Å². The van der Waals surface area contributed by atoms with Gasteiger partial charge in [0.1, 0.15) is 28.8 Å². The average molecular weight is 372 g/mol. The van der Waals surface area contributed by atoms with E-state index in [1.165, 1.54) is 6.07 Å². The molecule has 1 saturated heterocycles. The van der Waals surface area contributed by atoms with Gasteiger partial charge in [-0.2, -0.15) is 0 Å². The molecule has 1 aliphatic heterocycles. The number of thiophene rings is 1. The van der Waals surface area contributed by atoms with Gasteiger partial charge in [0.2, 0.25) is 0 Å². The van der Waals surface area contributed by atoms with Gasteiger partial charge in [-0.25, -0.2) is 14.4 Å². The molecule has 1 aliphatic rings. The number of anilines is 1. The van der Waals surface area contributed by atoms with Gasteiger partial charge >= 0.3 is 5.97 Å². The van der Waals surface area contributed by atoms with Gasteiger partial charge in [0, 0.05) is 31.7 Å². The number of nitrogens with zero attached hydrogens (tertiary/aromatic N) is 4. The lowest BCUT2D eigenvalue weighted by atomic mass is 10.0. The molecule has 0 bridgehead atoms. The molecule has 6 nitrogen and oxygen atoms in total. The first-order valence-electron chi connectivity index (χ1n) is 8.29. The Morgan fingerprint density at radius 2 is 1.92 bits per heavy atom. The minimum absolute atomic E-state index is 0.204. The number of benzene rings is 1. The van der Waals surface area contributed by atoms with Crippen LogP contribution in [0.2, 0.25) is 0 Å². The fourth-order valence-corrected chi connectivity index (χ4v) is 4.13. The van der Waals surface area contributed by atoms with Gasteiger partial charge in [-0.3, -0.25) is 9.69 Å². The van der Waals surface area contributed by atoms with Crippen LogP contribution in [0.15, 0.2) is 42.0 Å². The van der Waals surface area contributed by atoms with Gasteiger partial charge < -0.3 is 10.0 Å². The number of aromatic nitrogens is 2. The van der Waals surface area contributed by atoms with Crippen LogP contribution in [0, 0.1) is 5.82 Å². The standard InChI is InChI=1S/C18H17FN4O2S/c19-14-4-2-1-3-12(14)15(18(24)25)22-6-8-23(9-7-22)16-13-5-10-26-17(13)21-11-20-16/h1-5,10-11,15H,6-9H2,(H,24,25). The van der Waals surface area contributed by atoms with Crippen LogP contribution >= 0.6 is 11.3 Å². The van der Waals surface area contributed by atoms with E-state index >= 15 is 0 Å². The van der Waals surface area contributed by atoms with Crippen LogP contribution < -0.4 is 4.90 Å². The fraction of sp³-hybridized carbons (Fsp3) is 0.278. The van der Waals surface area contributed by atoms with Crippen molar-refractivity contribution in [3.63, 3.8) is 0 Å². The van der Waals surface area contributed by atoms with Crippen molar-refractivity contribution in [1.82, 2.24) is 14.9 Å². The monoisotopic (exact) mass is 372 g/mol. The molecule has 4 rings (SSSR count). The van der Waals surface area contributed by atoms with Gasteiger partial charge in [-0.1, -0.05) is 18.2 Å². The summed E-state index contributed by atoms with van der Waals surface area (Å²) in [7, 11) is 0. The van der Waals surface area contributed by atoms with Crippen molar-refractivity contribution < 1.29 is 14.3 Å². The number of aliphatic carboxylic acids is 1. The van der Waals surface area contributed by atoms with Gasteiger partial charge in [-0.15, -0.1) is 11.3 Å². The third kappa shape index (κ3) is 3.02. The lowest BCUT2D eigenvalue weighted by Gasteiger charge is -2.38. The van der Waals surface area contributed by atoms with Crippen molar-refractivity contribution in [1.29, 1.82) is 0 Å². The zero-order valence-corrected chi connectivity index (χ0v) is 14.7. The van der Waals surface area contributed by atoms with E-state index in [9.17, 15) is 14.3 Å². The van der Waals surface area contributed by atoms with Crippen molar-refractivity contribution >= 4 is 33.3 Å². The predicted octanol–water partition coefficient (Wildman–Crippen LogP) is 2.78. The Bertz CT molecular complexity index is 940. The minimum Gasteiger partial charge on any atom is -0.480 e. The van der Waals surface area contributed by atoms with E-state index in [1.807, 2.05) is 16.3 Å². The maximum atomic E-state index is 14.1. The van der Waals surface area contributed by atoms with E-state index in [4.69, 9.17) is 0 Å². The predicted molar refractivity (Wildman–Crippen MR) is 98.0 cm³/mol. The van der Waals surface area contributed by atoms with Crippen molar-refractivity contribution in [3.05, 3.63) is 53.4 Å². The molecule has 0 amide bonds. The molecule has 1 aromatic carbocycles. The van der Waals surface area contributed by atoms with E-state index in [0.29, 0.717) is 26.2 Å². The molecule has 3 aromatic rings. The zero-order valence-electron chi connectivity index (χ0n) is 13.9. The van der Waals surface area contributed by atoms with Gasteiger partial charge in [0.15, 0.2) is 0 Å². The SMILES string of the molecule is O=C(O)C(c1ccccc1F)N1CCN(c2ncnc3sccc23)CC1. The summed E-state index contributed by atoms with van der Waals surface area (Å²) < 4.78 is 14.1. The van der Waals surface area contributed by atoms with Crippen molar-refractivity contribution in [2.75, 3.05) is 31.1 Å². The van der Waals surface area contributed by atoms with Gasteiger partial charge in [-0.05, 0) is 17.5 Å². The maximum Gasteiger partial charge on any atom is 0.325 e. The Balaban J connectivity index is 1.55. The Kier molecular flexibility index (Phi) is 4.52. The summed E-state index contributed by atoms with van der Waals surface area (Å²) in [5, 5.41) is 12.7. The minimum atomic E-state index is -1.04. The highest BCUT2D eigenvalue weighted by Gasteiger charge is 2.32. The van der Waals surface area contributed by atoms with Crippen LogP contribution in [-0.2, 0) is 4.79 Å². The number of halogens is 1. The third-order valence-corrected chi connectivity index (χ3v) is 5.47. The quantitative estimate of drug-likeness (QED) is 0.760. The van der Waals surface area contributed by atoms with Crippen LogP contribution in [0.1, 0.15) is 11.6 Å². The Morgan fingerprint density at radius 3 is 2.65 bits per heavy atom. The van der Waals surface area contributed by atoms with Crippen LogP contribution in [0.25, 0.3) is 10.2 Å². The number of carbonyl (C=O) groups is 1. The smallest absolute Gasteiger partial charge is 0.325 e.